The molecule has 3 aromatic rings. The Morgan fingerprint density at radius 2 is 1.92 bits per heavy atom. The van der Waals surface area contributed by atoms with E-state index in [9.17, 15) is 9.59 Å². The Morgan fingerprint density at radius 3 is 2.69 bits per heavy atom. The third-order valence-electron chi connectivity index (χ3n) is 4.62. The number of nitrogens with zero attached hydrogens (tertiary/aromatic N) is 6. The highest BCUT2D eigenvalue weighted by atomic mass is 16.5. The van der Waals surface area contributed by atoms with E-state index in [-0.39, 0.29) is 24.3 Å². The molecule has 0 atom stereocenters. The molecule has 0 spiro atoms. The van der Waals surface area contributed by atoms with Gasteiger partial charge in [0.15, 0.2) is 0 Å². The molecule has 0 radical (unpaired) electrons. The van der Waals surface area contributed by atoms with E-state index in [2.05, 4.69) is 20.1 Å². The fourth-order valence-electron chi connectivity index (χ4n) is 3.28. The van der Waals surface area contributed by atoms with Crippen molar-refractivity contribution in [3.63, 3.8) is 0 Å². The zero-order chi connectivity index (χ0) is 17.9. The van der Waals surface area contributed by atoms with Crippen molar-refractivity contribution in [1.29, 1.82) is 0 Å². The molecule has 0 aromatic carbocycles. The Balaban J connectivity index is 1.57. The summed E-state index contributed by atoms with van der Waals surface area (Å²) >= 11 is 0. The zero-order valence-corrected chi connectivity index (χ0v) is 14.1. The molecule has 0 saturated heterocycles. The molecule has 26 heavy (non-hydrogen) atoms. The highest BCUT2D eigenvalue weighted by molar-refractivity contribution is 5.45. The molecule has 134 valence electrons. The summed E-state index contributed by atoms with van der Waals surface area (Å²) in [6.07, 6.45) is 13.1. The summed E-state index contributed by atoms with van der Waals surface area (Å²) in [6.45, 7) is 0.0346. The van der Waals surface area contributed by atoms with Crippen LogP contribution in [0, 0.1) is 0 Å². The van der Waals surface area contributed by atoms with Crippen LogP contribution in [0.25, 0.3) is 11.5 Å². The van der Waals surface area contributed by atoms with E-state index in [1.807, 2.05) is 0 Å². The van der Waals surface area contributed by atoms with Crippen LogP contribution >= 0.6 is 0 Å². The van der Waals surface area contributed by atoms with E-state index in [4.69, 9.17) is 4.52 Å². The van der Waals surface area contributed by atoms with Gasteiger partial charge in [-0.1, -0.05) is 24.4 Å². The fourth-order valence-corrected chi connectivity index (χ4v) is 3.28. The molecular formula is C17H18N6O3. The summed E-state index contributed by atoms with van der Waals surface area (Å²) in [6, 6.07) is 0.116. The number of hydrogen-bond donors (Lipinski definition) is 0. The van der Waals surface area contributed by atoms with Gasteiger partial charge in [0.05, 0.1) is 6.20 Å². The van der Waals surface area contributed by atoms with Crippen molar-refractivity contribution >= 4 is 0 Å². The van der Waals surface area contributed by atoms with E-state index < -0.39 is 11.1 Å². The molecule has 3 heterocycles. The summed E-state index contributed by atoms with van der Waals surface area (Å²) < 4.78 is 8.02. The van der Waals surface area contributed by atoms with Crippen molar-refractivity contribution in [2.24, 2.45) is 0 Å². The number of hydrogen-bond acceptors (Lipinski definition) is 7. The van der Waals surface area contributed by atoms with Gasteiger partial charge in [-0.05, 0) is 12.8 Å². The van der Waals surface area contributed by atoms with Gasteiger partial charge in [0.2, 0.25) is 11.7 Å². The van der Waals surface area contributed by atoms with E-state index in [0.29, 0.717) is 5.69 Å². The summed E-state index contributed by atoms with van der Waals surface area (Å²) in [7, 11) is 0. The first kappa shape index (κ1) is 16.4. The maximum atomic E-state index is 12.5. The van der Waals surface area contributed by atoms with Crippen LogP contribution in [0.2, 0.25) is 0 Å². The van der Waals surface area contributed by atoms with Crippen LogP contribution < -0.4 is 11.1 Å². The lowest BCUT2D eigenvalue weighted by molar-refractivity contribution is 0.339. The van der Waals surface area contributed by atoms with Crippen LogP contribution in [0.5, 0.6) is 0 Å². The van der Waals surface area contributed by atoms with Crippen molar-refractivity contribution in [3.8, 4) is 11.5 Å². The molecule has 1 saturated carbocycles. The van der Waals surface area contributed by atoms with E-state index in [0.717, 1.165) is 25.7 Å². The van der Waals surface area contributed by atoms with E-state index in [1.54, 1.807) is 23.2 Å². The zero-order valence-electron chi connectivity index (χ0n) is 14.1. The smallest absolute Gasteiger partial charge is 0.316 e. The summed E-state index contributed by atoms with van der Waals surface area (Å²) in [5.41, 5.74) is -0.618. The van der Waals surface area contributed by atoms with Gasteiger partial charge in [-0.15, -0.1) is 0 Å². The molecule has 0 unspecified atom stereocenters. The molecule has 3 aromatic heterocycles. The highest BCUT2D eigenvalue weighted by Gasteiger charge is 2.18. The minimum atomic E-state index is -0.586. The van der Waals surface area contributed by atoms with Crippen LogP contribution in [0.15, 0.2) is 45.1 Å². The average Bonchev–Trinajstić information content (AvgIpc) is 3.16. The Labute approximate surface area is 148 Å². The molecular weight excluding hydrogens is 336 g/mol. The van der Waals surface area contributed by atoms with Gasteiger partial charge in [-0.2, -0.15) is 4.98 Å². The predicted octanol–water partition coefficient (Wildman–Crippen LogP) is 1.40. The number of rotatable bonds is 4. The monoisotopic (exact) mass is 354 g/mol. The lowest BCUT2D eigenvalue weighted by Crippen LogP contribution is -2.42. The van der Waals surface area contributed by atoms with Crippen LogP contribution in [0.4, 0.5) is 0 Å². The summed E-state index contributed by atoms with van der Waals surface area (Å²) in [5, 5.41) is 3.84. The lowest BCUT2D eigenvalue weighted by atomic mass is 9.95. The second-order valence-electron chi connectivity index (χ2n) is 6.34. The van der Waals surface area contributed by atoms with Crippen molar-refractivity contribution in [1.82, 2.24) is 29.2 Å². The lowest BCUT2D eigenvalue weighted by Gasteiger charge is -2.23. The van der Waals surface area contributed by atoms with Gasteiger partial charge in [0, 0.05) is 30.8 Å². The molecule has 9 heteroatoms. The Kier molecular flexibility index (Phi) is 4.42. The van der Waals surface area contributed by atoms with Crippen LogP contribution in [0.3, 0.4) is 0 Å². The Morgan fingerprint density at radius 1 is 1.08 bits per heavy atom. The summed E-state index contributed by atoms with van der Waals surface area (Å²) in [5.74, 6) is 0.513. The maximum Gasteiger partial charge on any atom is 0.316 e. The normalized spacial score (nSPS) is 15.2. The molecule has 9 nitrogen and oxygen atoms in total. The minimum absolute atomic E-state index is 0.0346. The van der Waals surface area contributed by atoms with Gasteiger partial charge in [0.25, 0.3) is 0 Å². The van der Waals surface area contributed by atoms with Crippen molar-refractivity contribution in [2.45, 2.75) is 44.7 Å². The minimum Gasteiger partial charge on any atom is -0.337 e. The topological polar surface area (TPSA) is 109 Å². The average molecular weight is 354 g/mol. The first-order chi connectivity index (χ1) is 12.7. The fraction of sp³-hybridized carbons (Fsp3) is 0.412. The molecule has 1 aliphatic carbocycles. The predicted molar refractivity (Wildman–Crippen MR) is 91.5 cm³/mol. The second kappa shape index (κ2) is 7.03. The van der Waals surface area contributed by atoms with Gasteiger partial charge in [-0.3, -0.25) is 19.1 Å². The quantitative estimate of drug-likeness (QED) is 0.652. The van der Waals surface area contributed by atoms with Crippen LogP contribution in [0.1, 0.15) is 44.0 Å². The van der Waals surface area contributed by atoms with Crippen LogP contribution in [-0.2, 0) is 6.54 Å². The maximum absolute atomic E-state index is 12.5. The highest BCUT2D eigenvalue weighted by Crippen LogP contribution is 2.26. The van der Waals surface area contributed by atoms with Crippen molar-refractivity contribution in [2.75, 3.05) is 0 Å². The van der Waals surface area contributed by atoms with Gasteiger partial charge >= 0.3 is 11.1 Å². The van der Waals surface area contributed by atoms with Gasteiger partial charge < -0.3 is 9.09 Å². The molecule has 1 fully saturated rings. The number of aromatic nitrogens is 6. The summed E-state index contributed by atoms with van der Waals surface area (Å²) in [4.78, 5) is 37.1. The molecule has 0 N–H and O–H groups in total. The first-order valence-electron chi connectivity index (χ1n) is 8.63. The third kappa shape index (κ3) is 3.19. The molecule has 0 aliphatic heterocycles. The van der Waals surface area contributed by atoms with Gasteiger partial charge in [-0.25, -0.2) is 4.98 Å². The SMILES string of the molecule is O=c1c(=O)n(C2CCCCC2)ccn1Cc1nc(-c2cnccn2)no1. The van der Waals surface area contributed by atoms with Gasteiger partial charge in [0.1, 0.15) is 12.2 Å². The molecule has 0 bridgehead atoms. The Hall–Kier alpha value is -3.10. The van der Waals surface area contributed by atoms with E-state index in [1.165, 1.54) is 23.4 Å². The van der Waals surface area contributed by atoms with Crippen LogP contribution in [-0.4, -0.2) is 29.2 Å². The van der Waals surface area contributed by atoms with Crippen molar-refractivity contribution in [3.05, 3.63) is 57.6 Å². The standard InChI is InChI=1S/C17H18N6O3/c24-16-17(25)23(12-4-2-1-3-5-12)9-8-22(16)11-14-20-15(21-26-14)13-10-18-6-7-19-13/h6-10,12H,1-5,11H2. The molecule has 1 aliphatic rings. The largest absolute Gasteiger partial charge is 0.337 e. The molecule has 0 amide bonds. The Bertz CT molecular complexity index is 1000. The van der Waals surface area contributed by atoms with Crippen molar-refractivity contribution < 1.29 is 4.52 Å². The molecule has 4 rings (SSSR count). The second-order valence-corrected chi connectivity index (χ2v) is 6.34. The third-order valence-corrected chi connectivity index (χ3v) is 4.62. The van der Waals surface area contributed by atoms with E-state index >= 15 is 0 Å². The first-order valence-corrected chi connectivity index (χ1v) is 8.63.